The fourth-order valence-electron chi connectivity index (χ4n) is 3.95. The molecule has 28 heavy (non-hydrogen) atoms. The van der Waals surface area contributed by atoms with E-state index in [9.17, 15) is 4.79 Å². The normalized spacial score (nSPS) is 12.0. The first-order valence-corrected chi connectivity index (χ1v) is 9.16. The van der Waals surface area contributed by atoms with Crippen LogP contribution in [0.3, 0.4) is 0 Å². The Bertz CT molecular complexity index is 1250. The van der Waals surface area contributed by atoms with Crippen molar-refractivity contribution >= 4 is 27.9 Å². The fraction of sp³-hybridized carbons (Fsp3) is 0.0833. The van der Waals surface area contributed by atoms with Gasteiger partial charge >= 0.3 is 0 Å². The molecule has 1 N–H and O–H groups in total. The van der Waals surface area contributed by atoms with Gasteiger partial charge in [0.05, 0.1) is 24.1 Å². The SMILES string of the molecule is COc1nc2c3c(c(Nc4ccccc4)ccc3c1C)C(=O)c1ccccc1-2. The number of ether oxygens (including phenoxy) is 1. The molecule has 136 valence electrons. The number of pyridine rings is 1. The number of ketones is 1. The summed E-state index contributed by atoms with van der Waals surface area (Å²) in [6.07, 6.45) is 0. The van der Waals surface area contributed by atoms with E-state index in [0.29, 0.717) is 17.0 Å². The molecule has 1 heterocycles. The molecule has 0 radical (unpaired) electrons. The number of anilines is 2. The minimum atomic E-state index is 0.0125. The first-order chi connectivity index (χ1) is 13.7. The van der Waals surface area contributed by atoms with Gasteiger partial charge in [-0.3, -0.25) is 4.79 Å². The van der Waals surface area contributed by atoms with E-state index in [-0.39, 0.29) is 5.78 Å². The van der Waals surface area contributed by atoms with Crippen LogP contribution >= 0.6 is 0 Å². The molecular weight excluding hydrogens is 348 g/mol. The van der Waals surface area contributed by atoms with E-state index in [1.807, 2.05) is 73.7 Å². The Morgan fingerprint density at radius 3 is 2.36 bits per heavy atom. The second-order valence-corrected chi connectivity index (χ2v) is 6.87. The lowest BCUT2D eigenvalue weighted by atomic mass is 9.84. The summed E-state index contributed by atoms with van der Waals surface area (Å²) in [5, 5.41) is 5.27. The quantitative estimate of drug-likeness (QED) is 0.458. The third-order valence-electron chi connectivity index (χ3n) is 5.28. The van der Waals surface area contributed by atoms with Crippen LogP contribution < -0.4 is 10.1 Å². The van der Waals surface area contributed by atoms with Gasteiger partial charge in [0.2, 0.25) is 5.88 Å². The van der Waals surface area contributed by atoms with E-state index in [0.717, 1.165) is 39.0 Å². The molecule has 5 rings (SSSR count). The lowest BCUT2D eigenvalue weighted by molar-refractivity contribution is 0.104. The third-order valence-corrected chi connectivity index (χ3v) is 5.28. The molecule has 4 aromatic rings. The number of fused-ring (bicyclic) bond motifs is 2. The molecular formula is C24H18N2O2. The molecule has 1 aliphatic carbocycles. The van der Waals surface area contributed by atoms with Gasteiger partial charge in [0.1, 0.15) is 0 Å². The molecule has 0 saturated heterocycles. The van der Waals surface area contributed by atoms with Gasteiger partial charge in [-0.2, -0.15) is 0 Å². The van der Waals surface area contributed by atoms with Crippen molar-refractivity contribution in [3.63, 3.8) is 0 Å². The number of carbonyl (C=O) groups is 1. The zero-order valence-electron chi connectivity index (χ0n) is 15.6. The Morgan fingerprint density at radius 2 is 1.61 bits per heavy atom. The monoisotopic (exact) mass is 366 g/mol. The Labute approximate surface area is 162 Å². The van der Waals surface area contributed by atoms with Crippen LogP contribution in [0.25, 0.3) is 22.0 Å². The number of hydrogen-bond acceptors (Lipinski definition) is 4. The number of benzene rings is 3. The largest absolute Gasteiger partial charge is 0.481 e. The summed E-state index contributed by atoms with van der Waals surface area (Å²) >= 11 is 0. The molecule has 1 aliphatic rings. The van der Waals surface area contributed by atoms with Gasteiger partial charge in [-0.15, -0.1) is 0 Å². The molecule has 0 fully saturated rings. The Hall–Kier alpha value is -3.66. The maximum absolute atomic E-state index is 13.5. The highest BCUT2D eigenvalue weighted by molar-refractivity contribution is 6.28. The van der Waals surface area contributed by atoms with E-state index in [4.69, 9.17) is 9.72 Å². The summed E-state index contributed by atoms with van der Waals surface area (Å²) in [4.78, 5) is 18.2. The molecule has 0 aliphatic heterocycles. The van der Waals surface area contributed by atoms with Crippen molar-refractivity contribution in [2.75, 3.05) is 12.4 Å². The molecule has 0 unspecified atom stereocenters. The molecule has 3 aromatic carbocycles. The second kappa shape index (κ2) is 6.20. The van der Waals surface area contributed by atoms with Crippen molar-refractivity contribution in [2.45, 2.75) is 6.92 Å². The number of nitrogens with one attached hydrogen (secondary N) is 1. The highest BCUT2D eigenvalue weighted by Gasteiger charge is 2.30. The average Bonchev–Trinajstić information content (AvgIpc) is 2.74. The van der Waals surface area contributed by atoms with Crippen LogP contribution in [0.2, 0.25) is 0 Å². The number of hydrogen-bond donors (Lipinski definition) is 1. The maximum atomic E-state index is 13.5. The fourth-order valence-corrected chi connectivity index (χ4v) is 3.95. The molecule has 0 amide bonds. The maximum Gasteiger partial charge on any atom is 0.217 e. The molecule has 1 aromatic heterocycles. The van der Waals surface area contributed by atoms with E-state index < -0.39 is 0 Å². The lowest BCUT2D eigenvalue weighted by Gasteiger charge is -2.23. The van der Waals surface area contributed by atoms with Gasteiger partial charge in [0.15, 0.2) is 5.78 Å². The Balaban J connectivity index is 1.87. The zero-order valence-corrected chi connectivity index (χ0v) is 15.6. The summed E-state index contributed by atoms with van der Waals surface area (Å²) in [7, 11) is 1.63. The topological polar surface area (TPSA) is 51.2 Å². The molecule has 0 atom stereocenters. The first-order valence-electron chi connectivity index (χ1n) is 9.16. The minimum Gasteiger partial charge on any atom is -0.481 e. The Morgan fingerprint density at radius 1 is 0.893 bits per heavy atom. The van der Waals surface area contributed by atoms with Crippen LogP contribution in [-0.4, -0.2) is 17.9 Å². The van der Waals surface area contributed by atoms with Crippen LogP contribution in [-0.2, 0) is 0 Å². The van der Waals surface area contributed by atoms with Crippen molar-refractivity contribution in [3.05, 3.63) is 83.4 Å². The van der Waals surface area contributed by atoms with Crippen LogP contribution in [0.1, 0.15) is 21.5 Å². The lowest BCUT2D eigenvalue weighted by Crippen LogP contribution is -2.14. The van der Waals surface area contributed by atoms with Crippen molar-refractivity contribution in [2.24, 2.45) is 0 Å². The van der Waals surface area contributed by atoms with Gasteiger partial charge in [-0.25, -0.2) is 4.98 Å². The van der Waals surface area contributed by atoms with Crippen LogP contribution in [0.5, 0.6) is 5.88 Å². The third kappa shape index (κ3) is 2.31. The van der Waals surface area contributed by atoms with E-state index in [1.165, 1.54) is 0 Å². The number of methoxy groups -OCH3 is 1. The number of rotatable bonds is 3. The Kier molecular flexibility index (Phi) is 3.66. The van der Waals surface area contributed by atoms with Gasteiger partial charge in [-0.1, -0.05) is 48.5 Å². The van der Waals surface area contributed by atoms with Gasteiger partial charge < -0.3 is 10.1 Å². The first kappa shape index (κ1) is 16.5. The van der Waals surface area contributed by atoms with E-state index >= 15 is 0 Å². The number of aryl methyl sites for hydroxylation is 1. The molecule has 4 heteroatoms. The van der Waals surface area contributed by atoms with E-state index in [2.05, 4.69) is 5.32 Å². The second-order valence-electron chi connectivity index (χ2n) is 6.87. The van der Waals surface area contributed by atoms with E-state index in [1.54, 1.807) is 7.11 Å². The van der Waals surface area contributed by atoms with Crippen molar-refractivity contribution in [1.29, 1.82) is 0 Å². The smallest absolute Gasteiger partial charge is 0.217 e. The molecule has 4 nitrogen and oxygen atoms in total. The summed E-state index contributed by atoms with van der Waals surface area (Å²) in [5.41, 5.74) is 5.61. The van der Waals surface area contributed by atoms with Crippen molar-refractivity contribution in [1.82, 2.24) is 4.98 Å². The zero-order chi connectivity index (χ0) is 19.3. The summed E-state index contributed by atoms with van der Waals surface area (Å²) in [6, 6.07) is 21.5. The summed E-state index contributed by atoms with van der Waals surface area (Å²) in [5.74, 6) is 0.597. The van der Waals surface area contributed by atoms with Gasteiger partial charge in [0, 0.05) is 27.8 Å². The predicted octanol–water partition coefficient (Wildman–Crippen LogP) is 5.51. The van der Waals surface area contributed by atoms with Gasteiger partial charge in [0.25, 0.3) is 0 Å². The highest BCUT2D eigenvalue weighted by atomic mass is 16.5. The molecule has 0 saturated carbocycles. The number of aromatic nitrogens is 1. The van der Waals surface area contributed by atoms with Crippen LogP contribution in [0.4, 0.5) is 11.4 Å². The van der Waals surface area contributed by atoms with Crippen molar-refractivity contribution < 1.29 is 9.53 Å². The highest BCUT2D eigenvalue weighted by Crippen LogP contribution is 2.44. The molecule has 0 spiro atoms. The number of nitrogens with zero attached hydrogens (tertiary/aromatic N) is 1. The standard InChI is InChI=1S/C24H18N2O2/c1-14-16-12-13-19(25-15-8-4-3-5-9-15)21-20(16)22(26-24(14)28-2)17-10-6-7-11-18(17)23(21)27/h3-13,25H,1-2H3. The van der Waals surface area contributed by atoms with Crippen molar-refractivity contribution in [3.8, 4) is 17.1 Å². The van der Waals surface area contributed by atoms with Crippen LogP contribution in [0, 0.1) is 6.92 Å². The number of carbonyl (C=O) groups excluding carboxylic acids is 1. The molecule has 0 bridgehead atoms. The number of para-hydroxylation sites is 1. The van der Waals surface area contributed by atoms with Crippen LogP contribution in [0.15, 0.2) is 66.7 Å². The summed E-state index contributed by atoms with van der Waals surface area (Å²) < 4.78 is 5.52. The van der Waals surface area contributed by atoms with Gasteiger partial charge in [-0.05, 0) is 30.5 Å². The predicted molar refractivity (Wildman–Crippen MR) is 112 cm³/mol. The minimum absolute atomic E-state index is 0.0125. The average molecular weight is 366 g/mol. The summed E-state index contributed by atoms with van der Waals surface area (Å²) in [6.45, 7) is 1.98.